The molecule has 108 valence electrons. The molecule has 0 aromatic heterocycles. The van der Waals surface area contributed by atoms with Crippen molar-refractivity contribution >= 4 is 5.97 Å². The van der Waals surface area contributed by atoms with Crippen LogP contribution in [0, 0.1) is 0 Å². The number of hydrogen-bond donors (Lipinski definition) is 0. The van der Waals surface area contributed by atoms with Crippen LogP contribution in [0.4, 0.5) is 0 Å². The lowest BCUT2D eigenvalue weighted by atomic mass is 9.97. The Morgan fingerprint density at radius 2 is 1.95 bits per heavy atom. The average molecular weight is 282 g/mol. The first-order valence-electron chi connectivity index (χ1n) is 7.30. The molecule has 1 heterocycles. The van der Waals surface area contributed by atoms with Crippen molar-refractivity contribution in [2.75, 3.05) is 6.61 Å². The van der Waals surface area contributed by atoms with E-state index in [0.29, 0.717) is 19.4 Å². The second-order valence-electron chi connectivity index (χ2n) is 5.12. The molecule has 21 heavy (non-hydrogen) atoms. The van der Waals surface area contributed by atoms with E-state index in [1.807, 2.05) is 30.3 Å². The van der Waals surface area contributed by atoms with Crippen LogP contribution in [0.3, 0.4) is 0 Å². The molecule has 1 aliphatic heterocycles. The summed E-state index contributed by atoms with van der Waals surface area (Å²) in [6.07, 6.45) is 1.97. The van der Waals surface area contributed by atoms with Gasteiger partial charge in [-0.1, -0.05) is 43.3 Å². The minimum Gasteiger partial charge on any atom is -0.465 e. The molecule has 0 amide bonds. The van der Waals surface area contributed by atoms with Crippen LogP contribution in [0.2, 0.25) is 0 Å². The fourth-order valence-electron chi connectivity index (χ4n) is 2.55. The van der Waals surface area contributed by atoms with Gasteiger partial charge in [0.1, 0.15) is 11.5 Å². The zero-order valence-electron chi connectivity index (χ0n) is 12.1. The van der Waals surface area contributed by atoms with Gasteiger partial charge in [0.2, 0.25) is 0 Å². The van der Waals surface area contributed by atoms with Gasteiger partial charge in [0, 0.05) is 19.3 Å². The number of carbonyl (C=O) groups is 1. The minimum atomic E-state index is -0.161. The monoisotopic (exact) mass is 282 g/mol. The Bertz CT molecular complexity index is 661. The number of rotatable bonds is 4. The molecule has 0 aliphatic carbocycles. The van der Waals surface area contributed by atoms with Gasteiger partial charge < -0.3 is 9.47 Å². The Labute approximate surface area is 124 Å². The topological polar surface area (TPSA) is 35.5 Å². The maximum Gasteiger partial charge on any atom is 0.305 e. The van der Waals surface area contributed by atoms with E-state index in [4.69, 9.17) is 9.47 Å². The van der Waals surface area contributed by atoms with Crippen molar-refractivity contribution in [1.82, 2.24) is 0 Å². The summed E-state index contributed by atoms with van der Waals surface area (Å²) >= 11 is 0. The van der Waals surface area contributed by atoms with Gasteiger partial charge in [-0.3, -0.25) is 4.79 Å². The highest BCUT2D eigenvalue weighted by Crippen LogP contribution is 2.38. The number of ether oxygens (including phenoxy) is 2. The summed E-state index contributed by atoms with van der Waals surface area (Å²) in [7, 11) is 0. The van der Waals surface area contributed by atoms with Gasteiger partial charge in [0.15, 0.2) is 0 Å². The quantitative estimate of drug-likeness (QED) is 0.681. The fraction of sp³-hybridized carbons (Fsp3) is 0.278. The molecule has 0 fully saturated rings. The molecule has 3 rings (SSSR count). The van der Waals surface area contributed by atoms with Crippen LogP contribution in [0.1, 0.15) is 30.0 Å². The highest BCUT2D eigenvalue weighted by Gasteiger charge is 2.19. The summed E-state index contributed by atoms with van der Waals surface area (Å²) in [5.41, 5.74) is 3.48. The van der Waals surface area contributed by atoms with Crippen molar-refractivity contribution in [3.63, 3.8) is 0 Å². The Kier molecular flexibility index (Phi) is 3.91. The highest BCUT2D eigenvalue weighted by atomic mass is 16.5. The number of hydrogen-bond acceptors (Lipinski definition) is 3. The first-order valence-corrected chi connectivity index (χ1v) is 7.30. The Morgan fingerprint density at radius 1 is 1.14 bits per heavy atom. The number of fused-ring (bicyclic) bond motifs is 2. The summed E-state index contributed by atoms with van der Waals surface area (Å²) in [5, 5.41) is 0. The molecule has 0 unspecified atom stereocenters. The standard InChI is InChI=1S/C18H18O3/c1-2-17(19)20-11-10-13-7-5-8-15-12-14-6-3-4-9-16(14)21-18(13)15/h3-9H,2,10-12H2,1H3. The van der Waals surface area contributed by atoms with Gasteiger partial charge in [0.25, 0.3) is 0 Å². The Balaban J connectivity index is 1.78. The molecule has 2 aromatic carbocycles. The van der Waals surface area contributed by atoms with E-state index < -0.39 is 0 Å². The zero-order chi connectivity index (χ0) is 14.7. The highest BCUT2D eigenvalue weighted by molar-refractivity contribution is 5.68. The summed E-state index contributed by atoms with van der Waals surface area (Å²) in [6, 6.07) is 14.3. The third-order valence-electron chi connectivity index (χ3n) is 3.67. The van der Waals surface area contributed by atoms with E-state index in [1.165, 1.54) is 11.1 Å². The predicted molar refractivity (Wildman–Crippen MR) is 80.7 cm³/mol. The lowest BCUT2D eigenvalue weighted by molar-refractivity contribution is -0.143. The van der Waals surface area contributed by atoms with E-state index in [0.717, 1.165) is 23.5 Å². The zero-order valence-corrected chi connectivity index (χ0v) is 12.1. The lowest BCUT2D eigenvalue weighted by Gasteiger charge is -2.22. The number of carbonyl (C=O) groups excluding carboxylic acids is 1. The van der Waals surface area contributed by atoms with Crippen LogP contribution in [0.5, 0.6) is 11.5 Å². The third-order valence-corrected chi connectivity index (χ3v) is 3.67. The summed E-state index contributed by atoms with van der Waals surface area (Å²) in [4.78, 5) is 11.2. The molecule has 0 saturated carbocycles. The van der Waals surface area contributed by atoms with Crippen LogP contribution >= 0.6 is 0 Å². The van der Waals surface area contributed by atoms with Crippen LogP contribution < -0.4 is 4.74 Å². The smallest absolute Gasteiger partial charge is 0.305 e. The van der Waals surface area contributed by atoms with E-state index in [1.54, 1.807) is 6.92 Å². The van der Waals surface area contributed by atoms with Gasteiger partial charge in [0.05, 0.1) is 6.61 Å². The number of para-hydroxylation sites is 2. The van der Waals surface area contributed by atoms with Crippen molar-refractivity contribution < 1.29 is 14.3 Å². The van der Waals surface area contributed by atoms with Crippen LogP contribution in [0.15, 0.2) is 42.5 Å². The molecular formula is C18H18O3. The maximum absolute atomic E-state index is 11.2. The SMILES string of the molecule is CCC(=O)OCCc1cccc2c1Oc1ccccc1C2. The van der Waals surface area contributed by atoms with Crippen LogP contribution in [-0.2, 0) is 22.4 Å². The Morgan fingerprint density at radius 3 is 2.81 bits per heavy atom. The molecule has 1 aliphatic rings. The van der Waals surface area contributed by atoms with Crippen molar-refractivity contribution in [2.45, 2.75) is 26.2 Å². The van der Waals surface area contributed by atoms with Crippen molar-refractivity contribution in [2.24, 2.45) is 0 Å². The number of esters is 1. The summed E-state index contributed by atoms with van der Waals surface area (Å²) < 4.78 is 11.2. The molecule has 0 atom stereocenters. The lowest BCUT2D eigenvalue weighted by Crippen LogP contribution is -2.09. The van der Waals surface area contributed by atoms with E-state index >= 15 is 0 Å². The van der Waals surface area contributed by atoms with Crippen LogP contribution in [-0.4, -0.2) is 12.6 Å². The summed E-state index contributed by atoms with van der Waals surface area (Å²) in [6.45, 7) is 2.20. The van der Waals surface area contributed by atoms with Gasteiger partial charge in [-0.15, -0.1) is 0 Å². The molecular weight excluding hydrogens is 264 g/mol. The van der Waals surface area contributed by atoms with E-state index in [-0.39, 0.29) is 5.97 Å². The molecule has 2 aromatic rings. The van der Waals surface area contributed by atoms with Crippen molar-refractivity contribution in [1.29, 1.82) is 0 Å². The van der Waals surface area contributed by atoms with Gasteiger partial charge in [-0.2, -0.15) is 0 Å². The largest absolute Gasteiger partial charge is 0.465 e. The molecule has 0 bridgehead atoms. The molecule has 0 N–H and O–H groups in total. The van der Waals surface area contributed by atoms with Crippen molar-refractivity contribution in [3.05, 3.63) is 59.2 Å². The van der Waals surface area contributed by atoms with Gasteiger partial charge in [-0.25, -0.2) is 0 Å². The fourth-order valence-corrected chi connectivity index (χ4v) is 2.55. The van der Waals surface area contributed by atoms with Gasteiger partial charge >= 0.3 is 5.97 Å². The second kappa shape index (κ2) is 6.00. The summed E-state index contributed by atoms with van der Waals surface area (Å²) in [5.74, 6) is 1.68. The molecule has 0 spiro atoms. The van der Waals surface area contributed by atoms with Gasteiger partial charge in [-0.05, 0) is 22.8 Å². The average Bonchev–Trinajstić information content (AvgIpc) is 2.53. The van der Waals surface area contributed by atoms with E-state index in [9.17, 15) is 4.79 Å². The molecule has 3 heteroatoms. The third kappa shape index (κ3) is 2.92. The number of benzene rings is 2. The minimum absolute atomic E-state index is 0.161. The molecule has 3 nitrogen and oxygen atoms in total. The predicted octanol–water partition coefficient (Wildman–Crippen LogP) is 3.88. The maximum atomic E-state index is 11.2. The molecule has 0 radical (unpaired) electrons. The van der Waals surface area contributed by atoms with Crippen LogP contribution in [0.25, 0.3) is 0 Å². The normalized spacial score (nSPS) is 12.0. The first kappa shape index (κ1) is 13.7. The Hall–Kier alpha value is -2.29. The van der Waals surface area contributed by atoms with Crippen molar-refractivity contribution in [3.8, 4) is 11.5 Å². The first-order chi connectivity index (χ1) is 10.3. The van der Waals surface area contributed by atoms with E-state index in [2.05, 4.69) is 12.1 Å². The second-order valence-corrected chi connectivity index (χ2v) is 5.12. The molecule has 0 saturated heterocycles.